The molecule has 0 bridgehead atoms. The molecule has 1 aromatic heterocycles. The fraction of sp³-hybridized carbons (Fsp3) is 0.467. The summed E-state index contributed by atoms with van der Waals surface area (Å²) in [6.07, 6.45) is 2.39. The van der Waals surface area contributed by atoms with Crippen molar-refractivity contribution in [2.75, 3.05) is 13.1 Å². The number of nitrogens with one attached hydrogen (secondary N) is 1. The first-order chi connectivity index (χ1) is 9.67. The summed E-state index contributed by atoms with van der Waals surface area (Å²) in [4.78, 5) is 21.3. The third-order valence-corrected chi connectivity index (χ3v) is 4.00. The number of nitrogens with zero attached hydrogens (tertiary/aromatic N) is 2. The number of aromatic amines is 1. The Bertz CT molecular complexity index is 629. The third-order valence-electron chi connectivity index (χ3n) is 4.00. The molecule has 1 aliphatic heterocycles. The maximum Gasteiger partial charge on any atom is 0.222 e. The number of fused-ring (bicyclic) bond motifs is 1. The Labute approximate surface area is 117 Å². The number of piperidine rings is 1. The molecule has 1 amide bonds. The molecule has 0 spiro atoms. The number of aromatic nitrogens is 2. The summed E-state index contributed by atoms with van der Waals surface area (Å²) in [5.74, 6) is 1.20. The highest BCUT2D eigenvalue weighted by molar-refractivity contribution is 5.76. The van der Waals surface area contributed by atoms with E-state index >= 15 is 0 Å². The zero-order valence-electron chi connectivity index (χ0n) is 11.5. The minimum atomic E-state index is -0.254. The quantitative estimate of drug-likeness (QED) is 0.916. The van der Waals surface area contributed by atoms with Crippen LogP contribution in [0.2, 0.25) is 0 Å². The molecule has 0 radical (unpaired) electrons. The first-order valence-electron chi connectivity index (χ1n) is 7.10. The van der Waals surface area contributed by atoms with Crippen molar-refractivity contribution < 1.29 is 9.18 Å². The average molecular weight is 275 g/mol. The van der Waals surface area contributed by atoms with E-state index in [1.807, 2.05) is 11.8 Å². The molecule has 1 N–H and O–H groups in total. The van der Waals surface area contributed by atoms with Crippen LogP contribution < -0.4 is 0 Å². The topological polar surface area (TPSA) is 49.0 Å². The molecule has 1 saturated heterocycles. The van der Waals surface area contributed by atoms with Gasteiger partial charge >= 0.3 is 0 Å². The van der Waals surface area contributed by atoms with Gasteiger partial charge in [-0.05, 0) is 31.0 Å². The van der Waals surface area contributed by atoms with Crippen LogP contribution in [0.15, 0.2) is 18.2 Å². The van der Waals surface area contributed by atoms with Crippen LogP contribution in [0.3, 0.4) is 0 Å². The zero-order valence-corrected chi connectivity index (χ0v) is 11.5. The van der Waals surface area contributed by atoms with Crippen molar-refractivity contribution >= 4 is 16.9 Å². The van der Waals surface area contributed by atoms with Gasteiger partial charge in [0, 0.05) is 25.4 Å². The van der Waals surface area contributed by atoms with Crippen molar-refractivity contribution in [3.63, 3.8) is 0 Å². The Morgan fingerprint density at radius 2 is 2.20 bits per heavy atom. The Hall–Kier alpha value is -1.91. The highest BCUT2D eigenvalue weighted by Crippen LogP contribution is 2.28. The highest BCUT2D eigenvalue weighted by atomic mass is 19.1. The molecule has 0 saturated carbocycles. The van der Waals surface area contributed by atoms with E-state index < -0.39 is 0 Å². The van der Waals surface area contributed by atoms with Gasteiger partial charge in [0.1, 0.15) is 11.6 Å². The zero-order chi connectivity index (χ0) is 14.1. The standard InChI is InChI=1S/C15H18FN3O/c1-2-14(20)19-7-5-10(6-8-19)15-17-12-4-3-11(16)9-13(12)18-15/h3-4,9-10H,2,5-8H2,1H3,(H,17,18). The number of hydrogen-bond acceptors (Lipinski definition) is 2. The van der Waals surface area contributed by atoms with Crippen molar-refractivity contribution in [2.45, 2.75) is 32.1 Å². The van der Waals surface area contributed by atoms with E-state index in [4.69, 9.17) is 0 Å². The number of carbonyl (C=O) groups is 1. The summed E-state index contributed by atoms with van der Waals surface area (Å²) >= 11 is 0. The highest BCUT2D eigenvalue weighted by Gasteiger charge is 2.24. The molecule has 2 aromatic rings. The van der Waals surface area contributed by atoms with E-state index in [2.05, 4.69) is 9.97 Å². The van der Waals surface area contributed by atoms with Crippen LogP contribution in [-0.4, -0.2) is 33.9 Å². The lowest BCUT2D eigenvalue weighted by Crippen LogP contribution is -2.37. The fourth-order valence-corrected chi connectivity index (χ4v) is 2.82. The molecule has 3 rings (SSSR count). The molecular formula is C15H18FN3O. The molecule has 0 aliphatic carbocycles. The van der Waals surface area contributed by atoms with E-state index in [0.717, 1.165) is 42.8 Å². The van der Waals surface area contributed by atoms with Gasteiger partial charge in [0.25, 0.3) is 0 Å². The lowest BCUT2D eigenvalue weighted by molar-refractivity contribution is -0.131. The number of rotatable bonds is 2. The number of halogens is 1. The van der Waals surface area contributed by atoms with Gasteiger partial charge in [-0.25, -0.2) is 9.37 Å². The Kier molecular flexibility index (Phi) is 3.42. The average Bonchev–Trinajstić information content (AvgIpc) is 2.89. The molecule has 1 aliphatic rings. The number of amides is 1. The molecule has 1 aromatic carbocycles. The van der Waals surface area contributed by atoms with Gasteiger partial charge in [-0.2, -0.15) is 0 Å². The summed E-state index contributed by atoms with van der Waals surface area (Å²) in [6.45, 7) is 3.45. The van der Waals surface area contributed by atoms with Crippen molar-refractivity contribution in [1.29, 1.82) is 0 Å². The van der Waals surface area contributed by atoms with Crippen LogP contribution in [0.25, 0.3) is 11.0 Å². The summed E-state index contributed by atoms with van der Waals surface area (Å²) < 4.78 is 13.2. The van der Waals surface area contributed by atoms with Crippen LogP contribution in [0.4, 0.5) is 4.39 Å². The van der Waals surface area contributed by atoms with E-state index in [0.29, 0.717) is 12.3 Å². The van der Waals surface area contributed by atoms with E-state index in [1.54, 1.807) is 6.07 Å². The monoisotopic (exact) mass is 275 g/mol. The minimum absolute atomic E-state index is 0.218. The second-order valence-electron chi connectivity index (χ2n) is 5.29. The first-order valence-corrected chi connectivity index (χ1v) is 7.10. The van der Waals surface area contributed by atoms with E-state index in [-0.39, 0.29) is 11.7 Å². The summed E-state index contributed by atoms with van der Waals surface area (Å²) in [7, 11) is 0. The van der Waals surface area contributed by atoms with Gasteiger partial charge in [-0.15, -0.1) is 0 Å². The predicted molar refractivity (Wildman–Crippen MR) is 74.9 cm³/mol. The number of likely N-dealkylation sites (tertiary alicyclic amines) is 1. The van der Waals surface area contributed by atoms with Crippen LogP contribution in [0.5, 0.6) is 0 Å². The van der Waals surface area contributed by atoms with Crippen LogP contribution in [0, 0.1) is 5.82 Å². The third kappa shape index (κ3) is 2.40. The van der Waals surface area contributed by atoms with Crippen molar-refractivity contribution in [3.05, 3.63) is 29.8 Å². The molecule has 20 heavy (non-hydrogen) atoms. The molecule has 1 fully saturated rings. The summed E-state index contributed by atoms with van der Waals surface area (Å²) in [5.41, 5.74) is 1.54. The Balaban J connectivity index is 1.75. The number of imidazole rings is 1. The fourth-order valence-electron chi connectivity index (χ4n) is 2.82. The Morgan fingerprint density at radius 1 is 1.45 bits per heavy atom. The van der Waals surface area contributed by atoms with Crippen LogP contribution >= 0.6 is 0 Å². The van der Waals surface area contributed by atoms with E-state index in [9.17, 15) is 9.18 Å². The molecule has 0 atom stereocenters. The van der Waals surface area contributed by atoms with Crippen LogP contribution in [-0.2, 0) is 4.79 Å². The number of carbonyl (C=O) groups excluding carboxylic acids is 1. The largest absolute Gasteiger partial charge is 0.343 e. The van der Waals surface area contributed by atoms with Gasteiger partial charge < -0.3 is 9.88 Å². The second kappa shape index (κ2) is 5.23. The SMILES string of the molecule is CCC(=O)N1CCC(c2nc3ccc(F)cc3[nH]2)CC1. The molecule has 4 nitrogen and oxygen atoms in total. The molecule has 0 unspecified atom stereocenters. The van der Waals surface area contributed by atoms with Gasteiger partial charge in [0.15, 0.2) is 0 Å². The van der Waals surface area contributed by atoms with Gasteiger partial charge in [-0.1, -0.05) is 6.92 Å². The van der Waals surface area contributed by atoms with Gasteiger partial charge in [0.05, 0.1) is 11.0 Å². The van der Waals surface area contributed by atoms with E-state index in [1.165, 1.54) is 12.1 Å². The molecule has 5 heteroatoms. The maximum absolute atomic E-state index is 13.2. The predicted octanol–water partition coefficient (Wildman–Crippen LogP) is 2.82. The normalized spacial score (nSPS) is 16.8. The second-order valence-corrected chi connectivity index (χ2v) is 5.29. The van der Waals surface area contributed by atoms with Crippen LogP contribution in [0.1, 0.15) is 37.9 Å². The Morgan fingerprint density at radius 3 is 2.90 bits per heavy atom. The van der Waals surface area contributed by atoms with Gasteiger partial charge in [-0.3, -0.25) is 4.79 Å². The number of H-pyrrole nitrogens is 1. The molecular weight excluding hydrogens is 257 g/mol. The summed E-state index contributed by atoms with van der Waals surface area (Å²) in [6, 6.07) is 4.59. The molecule has 106 valence electrons. The maximum atomic E-state index is 13.2. The van der Waals surface area contributed by atoms with Crippen molar-refractivity contribution in [2.24, 2.45) is 0 Å². The first kappa shape index (κ1) is 13.1. The number of hydrogen-bond donors (Lipinski definition) is 1. The lowest BCUT2D eigenvalue weighted by atomic mass is 9.96. The number of benzene rings is 1. The van der Waals surface area contributed by atoms with Gasteiger partial charge in [0.2, 0.25) is 5.91 Å². The van der Waals surface area contributed by atoms with Crippen molar-refractivity contribution in [1.82, 2.24) is 14.9 Å². The summed E-state index contributed by atoms with van der Waals surface area (Å²) in [5, 5.41) is 0. The van der Waals surface area contributed by atoms with Crippen molar-refractivity contribution in [3.8, 4) is 0 Å². The lowest BCUT2D eigenvalue weighted by Gasteiger charge is -2.30. The smallest absolute Gasteiger partial charge is 0.222 e. The molecule has 2 heterocycles. The minimum Gasteiger partial charge on any atom is -0.343 e.